The summed E-state index contributed by atoms with van der Waals surface area (Å²) >= 11 is 0. The maximum atomic E-state index is 11.7. The maximum absolute atomic E-state index is 11.7. The topological polar surface area (TPSA) is 74.5 Å². The minimum atomic E-state index is 0.161. The Balaban J connectivity index is 1.38. The normalized spacial score (nSPS) is 21.1. The van der Waals surface area contributed by atoms with Gasteiger partial charge >= 0.3 is 0 Å². The Labute approximate surface area is 118 Å². The highest BCUT2D eigenvalue weighted by atomic mass is 16.5. The molecule has 0 radical (unpaired) electrons. The van der Waals surface area contributed by atoms with E-state index in [9.17, 15) is 4.79 Å². The van der Waals surface area contributed by atoms with Gasteiger partial charge in [-0.3, -0.25) is 14.6 Å². The highest BCUT2D eigenvalue weighted by molar-refractivity contribution is 5.78. The molecule has 3 rings (SSSR count). The van der Waals surface area contributed by atoms with Crippen LogP contribution in [0.5, 0.6) is 0 Å². The fourth-order valence-corrected chi connectivity index (χ4v) is 2.41. The number of amides is 1. The zero-order chi connectivity index (χ0) is 13.9. The van der Waals surface area contributed by atoms with E-state index in [2.05, 4.69) is 25.3 Å². The summed E-state index contributed by atoms with van der Waals surface area (Å²) in [6.45, 7) is 6.71. The number of rotatable bonds is 5. The molecule has 110 valence electrons. The molecule has 0 aromatic carbocycles. The molecule has 1 aromatic heterocycles. The first-order valence-corrected chi connectivity index (χ1v) is 7.22. The van der Waals surface area contributed by atoms with Crippen molar-refractivity contribution in [2.24, 2.45) is 0 Å². The molecule has 7 heteroatoms. The van der Waals surface area contributed by atoms with Crippen LogP contribution in [-0.4, -0.2) is 64.6 Å². The largest absolute Gasteiger partial charge is 0.352 e. The first kappa shape index (κ1) is 13.5. The van der Waals surface area contributed by atoms with Crippen molar-refractivity contribution in [2.75, 3.05) is 32.7 Å². The molecule has 20 heavy (non-hydrogen) atoms. The number of hydrogen-bond acceptors (Lipinski definition) is 6. The van der Waals surface area contributed by atoms with Gasteiger partial charge in [-0.15, -0.1) is 0 Å². The monoisotopic (exact) mass is 279 g/mol. The van der Waals surface area contributed by atoms with Crippen LogP contribution >= 0.6 is 0 Å². The molecule has 1 aliphatic carbocycles. The molecule has 1 saturated carbocycles. The molecular formula is C13H21N5O2. The summed E-state index contributed by atoms with van der Waals surface area (Å²) in [6.07, 6.45) is 2.28. The van der Waals surface area contributed by atoms with Gasteiger partial charge in [-0.1, -0.05) is 5.16 Å². The summed E-state index contributed by atoms with van der Waals surface area (Å²) in [5.74, 6) is 1.51. The van der Waals surface area contributed by atoms with Crippen molar-refractivity contribution in [1.82, 2.24) is 25.3 Å². The molecule has 1 amide bonds. The number of piperazine rings is 1. The van der Waals surface area contributed by atoms with Crippen molar-refractivity contribution < 1.29 is 9.32 Å². The van der Waals surface area contributed by atoms with Crippen LogP contribution in [0.15, 0.2) is 4.52 Å². The van der Waals surface area contributed by atoms with E-state index in [1.807, 2.05) is 6.92 Å². The SMILES string of the molecule is Cc1noc(CN2CCN(CC(=O)NC3CC3)CC2)n1. The molecule has 1 aliphatic heterocycles. The van der Waals surface area contributed by atoms with E-state index < -0.39 is 0 Å². The van der Waals surface area contributed by atoms with Crippen molar-refractivity contribution >= 4 is 5.91 Å². The number of aryl methyl sites for hydroxylation is 1. The van der Waals surface area contributed by atoms with E-state index in [-0.39, 0.29) is 5.91 Å². The molecule has 1 N–H and O–H groups in total. The van der Waals surface area contributed by atoms with Gasteiger partial charge in [-0.25, -0.2) is 0 Å². The third-order valence-corrected chi connectivity index (χ3v) is 3.70. The Kier molecular flexibility index (Phi) is 3.98. The van der Waals surface area contributed by atoms with Gasteiger partial charge in [-0.2, -0.15) is 4.98 Å². The highest BCUT2D eigenvalue weighted by Crippen LogP contribution is 2.18. The van der Waals surface area contributed by atoms with Crippen molar-refractivity contribution in [3.05, 3.63) is 11.7 Å². The van der Waals surface area contributed by atoms with Crippen molar-refractivity contribution in [3.8, 4) is 0 Å². The summed E-state index contributed by atoms with van der Waals surface area (Å²) in [6, 6.07) is 0.449. The Hall–Kier alpha value is -1.47. The van der Waals surface area contributed by atoms with Gasteiger partial charge in [0, 0.05) is 32.2 Å². The van der Waals surface area contributed by atoms with E-state index >= 15 is 0 Å². The van der Waals surface area contributed by atoms with Crippen LogP contribution in [0.2, 0.25) is 0 Å². The predicted octanol–water partition coefficient (Wildman–Crippen LogP) is -0.226. The van der Waals surface area contributed by atoms with Gasteiger partial charge in [0.1, 0.15) is 0 Å². The quantitative estimate of drug-likeness (QED) is 0.803. The number of aromatic nitrogens is 2. The molecule has 0 bridgehead atoms. The smallest absolute Gasteiger partial charge is 0.240 e. The molecule has 2 heterocycles. The molecule has 0 atom stereocenters. The van der Waals surface area contributed by atoms with E-state index in [1.54, 1.807) is 0 Å². The molecule has 2 aliphatic rings. The summed E-state index contributed by atoms with van der Waals surface area (Å²) in [7, 11) is 0. The van der Waals surface area contributed by atoms with E-state index in [0.717, 1.165) is 39.0 Å². The van der Waals surface area contributed by atoms with Gasteiger partial charge in [-0.05, 0) is 19.8 Å². The third kappa shape index (κ3) is 3.77. The first-order valence-electron chi connectivity index (χ1n) is 7.22. The fraction of sp³-hybridized carbons (Fsp3) is 0.769. The summed E-state index contributed by atoms with van der Waals surface area (Å²) in [4.78, 5) is 20.4. The van der Waals surface area contributed by atoms with E-state index in [1.165, 1.54) is 0 Å². The highest BCUT2D eigenvalue weighted by Gasteiger charge is 2.25. The van der Waals surface area contributed by atoms with Gasteiger partial charge < -0.3 is 9.84 Å². The van der Waals surface area contributed by atoms with Gasteiger partial charge in [0.05, 0.1) is 13.1 Å². The zero-order valence-corrected chi connectivity index (χ0v) is 11.8. The second-order valence-corrected chi connectivity index (χ2v) is 5.63. The predicted molar refractivity (Wildman–Crippen MR) is 71.9 cm³/mol. The molecule has 1 aromatic rings. The molecular weight excluding hydrogens is 258 g/mol. The van der Waals surface area contributed by atoms with Gasteiger partial charge in [0.15, 0.2) is 5.82 Å². The van der Waals surface area contributed by atoms with Crippen LogP contribution in [0.3, 0.4) is 0 Å². The van der Waals surface area contributed by atoms with Gasteiger partial charge in [0.25, 0.3) is 0 Å². The maximum Gasteiger partial charge on any atom is 0.240 e. The number of hydrogen-bond donors (Lipinski definition) is 1. The lowest BCUT2D eigenvalue weighted by Crippen LogP contribution is -2.49. The second kappa shape index (κ2) is 5.88. The molecule has 0 spiro atoms. The summed E-state index contributed by atoms with van der Waals surface area (Å²) < 4.78 is 5.13. The molecule has 7 nitrogen and oxygen atoms in total. The minimum Gasteiger partial charge on any atom is -0.352 e. The second-order valence-electron chi connectivity index (χ2n) is 5.63. The Morgan fingerprint density at radius 1 is 1.30 bits per heavy atom. The average molecular weight is 279 g/mol. The Bertz CT molecular complexity index is 463. The van der Waals surface area contributed by atoms with Crippen LogP contribution in [-0.2, 0) is 11.3 Å². The number of carbonyl (C=O) groups excluding carboxylic acids is 1. The van der Waals surface area contributed by atoms with Gasteiger partial charge in [0.2, 0.25) is 11.8 Å². The number of carbonyl (C=O) groups is 1. The Morgan fingerprint density at radius 2 is 2.00 bits per heavy atom. The zero-order valence-electron chi connectivity index (χ0n) is 11.8. The molecule has 0 unspecified atom stereocenters. The molecule has 1 saturated heterocycles. The molecule has 2 fully saturated rings. The fourth-order valence-electron chi connectivity index (χ4n) is 2.41. The van der Waals surface area contributed by atoms with Crippen LogP contribution < -0.4 is 5.32 Å². The van der Waals surface area contributed by atoms with Crippen molar-refractivity contribution in [2.45, 2.75) is 32.4 Å². The Morgan fingerprint density at radius 3 is 2.60 bits per heavy atom. The van der Waals surface area contributed by atoms with Crippen LogP contribution in [0, 0.1) is 6.92 Å². The lowest BCUT2D eigenvalue weighted by molar-refractivity contribution is -0.122. The summed E-state index contributed by atoms with van der Waals surface area (Å²) in [5, 5.41) is 6.82. The lowest BCUT2D eigenvalue weighted by atomic mass is 10.3. The summed E-state index contributed by atoms with van der Waals surface area (Å²) in [5.41, 5.74) is 0. The minimum absolute atomic E-state index is 0.161. The number of nitrogens with zero attached hydrogens (tertiary/aromatic N) is 4. The van der Waals surface area contributed by atoms with Crippen molar-refractivity contribution in [3.63, 3.8) is 0 Å². The number of nitrogens with one attached hydrogen (secondary N) is 1. The third-order valence-electron chi connectivity index (χ3n) is 3.70. The standard InChI is InChI=1S/C13H21N5O2/c1-10-14-13(20-16-10)9-18-6-4-17(5-7-18)8-12(19)15-11-2-3-11/h11H,2-9H2,1H3,(H,15,19). The van der Waals surface area contributed by atoms with E-state index in [4.69, 9.17) is 4.52 Å². The lowest BCUT2D eigenvalue weighted by Gasteiger charge is -2.33. The van der Waals surface area contributed by atoms with Crippen LogP contribution in [0.1, 0.15) is 24.6 Å². The van der Waals surface area contributed by atoms with Crippen LogP contribution in [0.4, 0.5) is 0 Å². The average Bonchev–Trinajstić information content (AvgIpc) is 3.13. The van der Waals surface area contributed by atoms with Crippen molar-refractivity contribution in [1.29, 1.82) is 0 Å². The first-order chi connectivity index (χ1) is 9.69. The van der Waals surface area contributed by atoms with E-state index in [0.29, 0.717) is 30.8 Å². The van der Waals surface area contributed by atoms with Crippen LogP contribution in [0.25, 0.3) is 0 Å².